The zero-order valence-electron chi connectivity index (χ0n) is 24.1. The van der Waals surface area contributed by atoms with Crippen LogP contribution in [0, 0.1) is 11.3 Å². The number of aromatic nitrogens is 1. The highest BCUT2D eigenvalue weighted by atomic mass is 19.4. The molecule has 0 saturated carbocycles. The summed E-state index contributed by atoms with van der Waals surface area (Å²) in [5, 5.41) is 2.40. The number of nitrogens with zero attached hydrogens (tertiary/aromatic N) is 5. The van der Waals surface area contributed by atoms with Gasteiger partial charge in [-0.3, -0.25) is 14.6 Å². The minimum absolute atomic E-state index is 0.0721. The van der Waals surface area contributed by atoms with Crippen molar-refractivity contribution >= 4 is 29.7 Å². The third-order valence-electron chi connectivity index (χ3n) is 8.31. The number of likely N-dealkylation sites (tertiary alicyclic amines) is 1. The van der Waals surface area contributed by atoms with Gasteiger partial charge in [-0.05, 0) is 50.1 Å². The van der Waals surface area contributed by atoms with E-state index in [9.17, 15) is 22.8 Å². The Labute approximate surface area is 251 Å². The molecule has 0 bridgehead atoms. The Morgan fingerprint density at radius 2 is 2.02 bits per heavy atom. The summed E-state index contributed by atoms with van der Waals surface area (Å²) in [5.41, 5.74) is 0.596. The highest BCUT2D eigenvalue weighted by Gasteiger charge is 2.49. The first-order valence-electron chi connectivity index (χ1n) is 14.1. The van der Waals surface area contributed by atoms with Crippen LogP contribution >= 0.6 is 0 Å². The lowest BCUT2D eigenvalue weighted by molar-refractivity contribution is -0.750. The third-order valence-corrected chi connectivity index (χ3v) is 8.31. The molecule has 2 atom stereocenters. The quantitative estimate of drug-likeness (QED) is 0.377. The zero-order valence-corrected chi connectivity index (χ0v) is 24.1. The lowest BCUT2D eigenvalue weighted by Gasteiger charge is -2.42. The molecule has 2 aromatic rings. The fraction of sp³-hybridized carbons (Fsp3) is 0.367. The van der Waals surface area contributed by atoms with Gasteiger partial charge in [-0.25, -0.2) is 4.98 Å². The van der Waals surface area contributed by atoms with E-state index in [0.29, 0.717) is 43.4 Å². The summed E-state index contributed by atoms with van der Waals surface area (Å²) in [6.45, 7) is 3.89. The normalized spacial score (nSPS) is 24.0. The molecule has 3 N–H and O–H groups in total. The minimum Gasteiger partial charge on any atom is -0.496 e. The van der Waals surface area contributed by atoms with E-state index in [2.05, 4.69) is 15.3 Å². The number of piperidine rings is 1. The van der Waals surface area contributed by atoms with Gasteiger partial charge in [0.2, 0.25) is 11.6 Å². The molecule has 4 aliphatic heterocycles. The van der Waals surface area contributed by atoms with Crippen LogP contribution in [-0.2, 0) is 15.7 Å². The molecule has 2 fully saturated rings. The average molecular weight is 611 g/mol. The topological polar surface area (TPSA) is 132 Å². The van der Waals surface area contributed by atoms with E-state index in [1.165, 1.54) is 19.2 Å². The number of rotatable bonds is 6. The van der Waals surface area contributed by atoms with Gasteiger partial charge in [0.25, 0.3) is 11.7 Å². The third kappa shape index (κ3) is 5.18. The molecule has 5 heterocycles. The molecule has 2 saturated heterocycles. The Balaban J connectivity index is 1.28. The number of amidine groups is 1. The Kier molecular flexibility index (Phi) is 7.38. The van der Waals surface area contributed by atoms with Gasteiger partial charge in [-0.15, -0.1) is 4.59 Å². The van der Waals surface area contributed by atoms with Crippen LogP contribution in [0.15, 0.2) is 70.3 Å². The largest absolute Gasteiger partial charge is 0.496 e. The molecule has 44 heavy (non-hydrogen) atoms. The maximum Gasteiger partial charge on any atom is 0.416 e. The number of aliphatic imine (C=N–C) groups is 2. The number of amides is 2. The second-order valence-corrected chi connectivity index (χ2v) is 11.5. The predicted octanol–water partition coefficient (Wildman–Crippen LogP) is 3.85. The molecule has 14 heteroatoms. The summed E-state index contributed by atoms with van der Waals surface area (Å²) < 4.78 is 50.0. The van der Waals surface area contributed by atoms with E-state index in [1.807, 2.05) is 11.8 Å². The van der Waals surface area contributed by atoms with E-state index < -0.39 is 23.1 Å². The van der Waals surface area contributed by atoms with Crippen LogP contribution in [0.25, 0.3) is 0 Å². The van der Waals surface area contributed by atoms with Gasteiger partial charge in [-0.1, -0.05) is 0 Å². The number of hydrogen-bond acceptors (Lipinski definition) is 8. The van der Waals surface area contributed by atoms with E-state index in [1.54, 1.807) is 24.7 Å². The van der Waals surface area contributed by atoms with Crippen molar-refractivity contribution in [3.05, 3.63) is 77.0 Å². The molecule has 230 valence electrons. The smallest absolute Gasteiger partial charge is 0.416 e. The van der Waals surface area contributed by atoms with Crippen LogP contribution < -0.4 is 15.9 Å². The molecular formula is C30H31F3N7O4+. The number of carbonyl (C=O) groups excluding carboxylic acids is 2. The van der Waals surface area contributed by atoms with Crippen LogP contribution in [-0.4, -0.2) is 71.8 Å². The number of pyridine rings is 1. The van der Waals surface area contributed by atoms with Crippen LogP contribution in [0.4, 0.5) is 19.0 Å². The van der Waals surface area contributed by atoms with Gasteiger partial charge in [0.15, 0.2) is 0 Å². The molecular weight excluding hydrogens is 579 g/mol. The standard InChI is InChI=1S/C30H30F3N7O4/c1-29(16-44-17-29)28(42)39-10-3-4-19(15-39)25-22-14-35-9-11-40(22,34)26(38-25)21-6-5-18(12-23(21)43-2)27(41)37-24-13-20(7-8-36-24)30(31,32)33/h5-9,11-14,19H,3-4,10,15-17,34H2,1-2H3/p+1/t19-,40?/m1/s1. The second-order valence-electron chi connectivity index (χ2n) is 11.5. The van der Waals surface area contributed by atoms with Crippen molar-refractivity contribution in [3.8, 4) is 5.75 Å². The number of benzene rings is 1. The first kappa shape index (κ1) is 29.7. The lowest BCUT2D eigenvalue weighted by atomic mass is 9.85. The Bertz CT molecular complexity index is 1650. The fourth-order valence-electron chi connectivity index (χ4n) is 5.87. The first-order chi connectivity index (χ1) is 20.9. The van der Waals surface area contributed by atoms with Crippen molar-refractivity contribution in [2.24, 2.45) is 27.2 Å². The van der Waals surface area contributed by atoms with Crippen molar-refractivity contribution in [1.29, 1.82) is 0 Å². The number of quaternary nitrogens is 1. The Morgan fingerprint density at radius 1 is 1.23 bits per heavy atom. The van der Waals surface area contributed by atoms with Crippen molar-refractivity contribution in [2.75, 3.05) is 38.7 Å². The first-order valence-corrected chi connectivity index (χ1v) is 14.1. The predicted molar refractivity (Wildman–Crippen MR) is 154 cm³/mol. The number of hydrogen-bond donors (Lipinski definition) is 2. The van der Waals surface area contributed by atoms with Gasteiger partial charge in [0, 0.05) is 30.8 Å². The van der Waals surface area contributed by atoms with Crippen molar-refractivity contribution in [1.82, 2.24) is 9.88 Å². The number of ether oxygens (including phenoxy) is 2. The molecule has 1 aromatic carbocycles. The monoisotopic (exact) mass is 610 g/mol. The molecule has 0 aliphatic carbocycles. The maximum absolute atomic E-state index is 13.3. The van der Waals surface area contributed by atoms with E-state index >= 15 is 0 Å². The number of allylic oxidation sites excluding steroid dienone is 1. The van der Waals surface area contributed by atoms with Gasteiger partial charge in [-0.2, -0.15) is 24.0 Å². The van der Waals surface area contributed by atoms with Crippen LogP contribution in [0.5, 0.6) is 5.75 Å². The van der Waals surface area contributed by atoms with Crippen LogP contribution in [0.3, 0.4) is 0 Å². The SMILES string of the molecule is COc1cc(C(=O)Nc2cc(C(F)(F)F)ccn2)ccc1C1=NC([C@@H]2CCCN(C(=O)C3(C)COC3)C2)=C2C=NC=C[N+]12N. The molecule has 1 unspecified atom stereocenters. The highest BCUT2D eigenvalue weighted by molar-refractivity contribution is 6.07. The summed E-state index contributed by atoms with van der Waals surface area (Å²) in [7, 11) is 1.43. The zero-order chi connectivity index (χ0) is 31.3. The molecule has 4 aliphatic rings. The number of halogens is 3. The molecule has 1 aromatic heterocycles. The summed E-state index contributed by atoms with van der Waals surface area (Å²) in [4.78, 5) is 41.3. The number of alkyl halides is 3. The summed E-state index contributed by atoms with van der Waals surface area (Å²) >= 11 is 0. The summed E-state index contributed by atoms with van der Waals surface area (Å²) in [6, 6.07) is 6.20. The number of anilines is 1. The lowest BCUT2D eigenvalue weighted by Crippen LogP contribution is -2.55. The van der Waals surface area contributed by atoms with Gasteiger partial charge < -0.3 is 19.7 Å². The highest BCUT2D eigenvalue weighted by Crippen LogP contribution is 2.40. The maximum atomic E-state index is 13.3. The van der Waals surface area contributed by atoms with Gasteiger partial charge in [0.05, 0.1) is 43.7 Å². The van der Waals surface area contributed by atoms with E-state index in [-0.39, 0.29) is 33.5 Å². The van der Waals surface area contributed by atoms with E-state index in [4.69, 9.17) is 20.3 Å². The van der Waals surface area contributed by atoms with Gasteiger partial charge >= 0.3 is 6.18 Å². The number of fused-ring (bicyclic) bond motifs is 1. The van der Waals surface area contributed by atoms with Crippen LogP contribution in [0.2, 0.25) is 0 Å². The Morgan fingerprint density at radius 3 is 2.73 bits per heavy atom. The molecule has 0 spiro atoms. The molecule has 11 nitrogen and oxygen atoms in total. The summed E-state index contributed by atoms with van der Waals surface area (Å²) in [5.74, 6) is 6.74. The molecule has 0 radical (unpaired) electrons. The fourth-order valence-corrected chi connectivity index (χ4v) is 5.87. The second kappa shape index (κ2) is 10.9. The number of carbonyl (C=O) groups is 2. The van der Waals surface area contributed by atoms with Gasteiger partial charge in [0.1, 0.15) is 29.0 Å². The minimum atomic E-state index is -4.58. The Hall–Kier alpha value is -4.40. The van der Waals surface area contributed by atoms with Crippen molar-refractivity contribution in [3.63, 3.8) is 0 Å². The number of nitrogens with one attached hydrogen (secondary N) is 1. The van der Waals surface area contributed by atoms with E-state index in [0.717, 1.165) is 36.9 Å². The van der Waals surface area contributed by atoms with Crippen LogP contribution in [0.1, 0.15) is 41.3 Å². The number of methoxy groups -OCH3 is 1. The van der Waals surface area contributed by atoms with Crippen molar-refractivity contribution < 1.29 is 36.8 Å². The molecule has 6 rings (SSSR count). The summed E-state index contributed by atoms with van der Waals surface area (Å²) in [6.07, 6.45) is 2.95. The number of nitrogens with two attached hydrogens (primary N) is 1. The van der Waals surface area contributed by atoms with Crippen molar-refractivity contribution in [2.45, 2.75) is 25.9 Å². The molecule has 2 amide bonds. The average Bonchev–Trinajstić information content (AvgIpc) is 3.31.